The molecule has 0 amide bonds. The Morgan fingerprint density at radius 3 is 1.12 bits per heavy atom. The number of aliphatic hydroxyl groups excluding tert-OH is 2. The van der Waals surface area contributed by atoms with Crippen molar-refractivity contribution >= 4 is 23.2 Å². The smallest absolute Gasteiger partial charge is 0.166 e. The van der Waals surface area contributed by atoms with Crippen molar-refractivity contribution in [2.24, 2.45) is 0 Å². The van der Waals surface area contributed by atoms with E-state index < -0.39 is 19.7 Å². The van der Waals surface area contributed by atoms with Crippen molar-refractivity contribution in [2.75, 3.05) is 0 Å². The Morgan fingerprint density at radius 1 is 0.529 bits per heavy atom. The van der Waals surface area contributed by atoms with Gasteiger partial charge in [0.1, 0.15) is 35.6 Å². The highest BCUT2D eigenvalue weighted by Crippen LogP contribution is 2.68. The molecule has 4 rings (SSSR count). The van der Waals surface area contributed by atoms with Gasteiger partial charge in [-0.2, -0.15) is 0 Å². The molecule has 0 aliphatic rings. The largest absolute Gasteiger partial charge is 1.00 e. The summed E-state index contributed by atoms with van der Waals surface area (Å²) >= 11 is 0. The van der Waals surface area contributed by atoms with E-state index in [4.69, 9.17) is 0 Å². The van der Waals surface area contributed by atoms with Gasteiger partial charge in [0.2, 0.25) is 0 Å². The zero-order chi connectivity index (χ0) is 23.3. The minimum absolute atomic E-state index is 0. The van der Waals surface area contributed by atoms with Gasteiger partial charge in [-0.1, -0.05) is 84.9 Å². The molecule has 3 atom stereocenters. The minimum atomic E-state index is -2.44. The van der Waals surface area contributed by atoms with Gasteiger partial charge in [0.05, 0.1) is 0 Å². The van der Waals surface area contributed by atoms with Crippen molar-refractivity contribution < 1.29 is 34.2 Å². The molecule has 0 aromatic heterocycles. The van der Waals surface area contributed by atoms with Gasteiger partial charge < -0.3 is 34.2 Å². The summed E-state index contributed by atoms with van der Waals surface area (Å²) in [5.74, 6) is -0.286. The van der Waals surface area contributed by atoms with Crippen molar-refractivity contribution in [2.45, 2.75) is 32.1 Å². The van der Waals surface area contributed by atoms with E-state index in [1.807, 2.05) is 41.3 Å². The molecular formula is C29H31INO2P. The normalized spacial score (nSPS) is 14.1. The Hall–Kier alpha value is -2.08. The van der Waals surface area contributed by atoms with Crippen LogP contribution >= 0.6 is 7.26 Å². The summed E-state index contributed by atoms with van der Waals surface area (Å²) in [4.78, 5) is 1.84. The molecule has 0 radical (unpaired) electrons. The highest BCUT2D eigenvalue weighted by Gasteiger charge is 2.57. The Kier molecular flexibility index (Phi) is 9.40. The van der Waals surface area contributed by atoms with Gasteiger partial charge in [0.15, 0.2) is 5.78 Å². The van der Waals surface area contributed by atoms with E-state index in [-0.39, 0.29) is 29.8 Å². The van der Waals surface area contributed by atoms with E-state index in [0.717, 1.165) is 5.56 Å². The third-order valence-electron chi connectivity index (χ3n) is 6.10. The molecule has 0 saturated heterocycles. The maximum Gasteiger partial charge on any atom is 0.166 e. The maximum absolute atomic E-state index is 11.0. The monoisotopic (exact) mass is 583 g/mol. The number of nitrogens with zero attached hydrogens (tertiary/aromatic N) is 1. The predicted octanol–water partition coefficient (Wildman–Crippen LogP) is 1.66. The van der Waals surface area contributed by atoms with Gasteiger partial charge in [-0.15, -0.1) is 0 Å². The van der Waals surface area contributed by atoms with Gasteiger partial charge in [-0.25, -0.2) is 4.90 Å². The van der Waals surface area contributed by atoms with Crippen LogP contribution in [-0.4, -0.2) is 27.6 Å². The Bertz CT molecular complexity index is 1020. The zero-order valence-corrected chi connectivity index (χ0v) is 22.5. The topological polar surface area (TPSA) is 43.7 Å². The second-order valence-electron chi connectivity index (χ2n) is 8.22. The molecule has 3 nitrogen and oxygen atoms in total. The lowest BCUT2D eigenvalue weighted by Crippen LogP contribution is -3.00. The lowest BCUT2D eigenvalue weighted by Gasteiger charge is -2.43. The van der Waals surface area contributed by atoms with Gasteiger partial charge in [0.25, 0.3) is 0 Å². The molecule has 34 heavy (non-hydrogen) atoms. The fourth-order valence-electron chi connectivity index (χ4n) is 4.80. The average molecular weight is 583 g/mol. The molecule has 2 N–H and O–H groups in total. The summed E-state index contributed by atoms with van der Waals surface area (Å²) in [5.41, 5.74) is 1.06. The lowest BCUT2D eigenvalue weighted by atomic mass is 10.2. The molecule has 4 aromatic rings. The molecule has 0 aliphatic heterocycles. The molecule has 0 spiro atoms. The molecule has 4 aromatic carbocycles. The van der Waals surface area contributed by atoms with E-state index in [1.165, 1.54) is 15.9 Å². The predicted molar refractivity (Wildman–Crippen MR) is 140 cm³/mol. The molecule has 3 unspecified atom stereocenters. The summed E-state index contributed by atoms with van der Waals surface area (Å²) in [5, 5.41) is 25.6. The second kappa shape index (κ2) is 12.1. The van der Waals surface area contributed by atoms with E-state index in [0.29, 0.717) is 0 Å². The van der Waals surface area contributed by atoms with Gasteiger partial charge in [-0.3, -0.25) is 0 Å². The first kappa shape index (κ1) is 26.5. The SMILES string of the molecule is CC(O)N(C(C)O)C(c1ccccc1)[P+](c1ccccc1)(c1ccccc1)c1ccccc1.[I-]. The number of aliphatic hydroxyl groups is 2. The van der Waals surface area contributed by atoms with Gasteiger partial charge in [0, 0.05) is 5.56 Å². The fourth-order valence-corrected chi connectivity index (χ4v) is 9.88. The summed E-state index contributed by atoms with van der Waals surface area (Å²) < 4.78 is 0. The molecule has 0 bridgehead atoms. The van der Waals surface area contributed by atoms with Crippen LogP contribution in [-0.2, 0) is 0 Å². The van der Waals surface area contributed by atoms with Crippen LogP contribution in [0.3, 0.4) is 0 Å². The second-order valence-corrected chi connectivity index (χ2v) is 11.7. The number of benzene rings is 4. The van der Waals surface area contributed by atoms with Crippen molar-refractivity contribution in [1.29, 1.82) is 0 Å². The van der Waals surface area contributed by atoms with Crippen LogP contribution in [0.25, 0.3) is 0 Å². The molecule has 176 valence electrons. The van der Waals surface area contributed by atoms with Crippen LogP contribution in [0.2, 0.25) is 0 Å². The molecule has 0 heterocycles. The third kappa shape index (κ3) is 5.12. The average Bonchev–Trinajstić information content (AvgIpc) is 2.86. The van der Waals surface area contributed by atoms with E-state index in [9.17, 15) is 10.2 Å². The van der Waals surface area contributed by atoms with Crippen LogP contribution in [0.15, 0.2) is 121 Å². The molecule has 0 aliphatic carbocycles. The van der Waals surface area contributed by atoms with Gasteiger partial charge in [-0.05, 0) is 50.2 Å². The summed E-state index contributed by atoms with van der Waals surface area (Å²) in [7, 11) is -2.44. The van der Waals surface area contributed by atoms with Crippen LogP contribution < -0.4 is 39.9 Å². The van der Waals surface area contributed by atoms with Crippen molar-refractivity contribution in [3.05, 3.63) is 127 Å². The first-order valence-electron chi connectivity index (χ1n) is 11.3. The van der Waals surface area contributed by atoms with Crippen LogP contribution in [0.4, 0.5) is 0 Å². The first-order chi connectivity index (χ1) is 16.1. The van der Waals surface area contributed by atoms with E-state index in [2.05, 4.69) is 84.9 Å². The van der Waals surface area contributed by atoms with Crippen molar-refractivity contribution in [3.63, 3.8) is 0 Å². The summed E-state index contributed by atoms with van der Waals surface area (Å²) in [6, 6.07) is 41.9. The minimum Gasteiger partial charge on any atom is -1.00 e. The fraction of sp³-hybridized carbons (Fsp3) is 0.172. The quantitative estimate of drug-likeness (QED) is 0.189. The zero-order valence-electron chi connectivity index (χ0n) is 19.4. The third-order valence-corrected chi connectivity index (χ3v) is 10.7. The number of hydrogen-bond donors (Lipinski definition) is 2. The summed E-state index contributed by atoms with van der Waals surface area (Å²) in [6.45, 7) is 3.47. The van der Waals surface area contributed by atoms with Crippen LogP contribution in [0.1, 0.15) is 25.2 Å². The van der Waals surface area contributed by atoms with Crippen LogP contribution in [0.5, 0.6) is 0 Å². The van der Waals surface area contributed by atoms with Crippen LogP contribution in [0, 0.1) is 0 Å². The number of hydrogen-bond acceptors (Lipinski definition) is 3. The Balaban J connectivity index is 0.00000324. The molecule has 5 heteroatoms. The number of rotatable bonds is 8. The standard InChI is InChI=1S/C29H31NO2P.HI/c1-23(31)30(24(2)32)29(25-15-7-3-8-16-25)33(26-17-9-4-10-18-26,27-19-11-5-12-20-27)28-21-13-6-14-22-28;/h3-24,29,31-32H,1-2H3;1H/q+1;/p-1. The highest BCUT2D eigenvalue weighted by atomic mass is 127. The van der Waals surface area contributed by atoms with Gasteiger partial charge >= 0.3 is 0 Å². The lowest BCUT2D eigenvalue weighted by molar-refractivity contribution is -0.0932. The van der Waals surface area contributed by atoms with Crippen molar-refractivity contribution in [3.8, 4) is 0 Å². The number of halogens is 1. The molecular weight excluding hydrogens is 552 g/mol. The summed E-state index contributed by atoms with van der Waals surface area (Å²) in [6.07, 6.45) is -1.71. The Labute approximate surface area is 220 Å². The highest BCUT2D eigenvalue weighted by molar-refractivity contribution is 7.95. The van der Waals surface area contributed by atoms with E-state index >= 15 is 0 Å². The first-order valence-corrected chi connectivity index (χ1v) is 13.2. The van der Waals surface area contributed by atoms with Crippen molar-refractivity contribution in [1.82, 2.24) is 4.90 Å². The maximum atomic E-state index is 11.0. The molecule has 0 fully saturated rings. The van der Waals surface area contributed by atoms with E-state index in [1.54, 1.807) is 13.8 Å². The molecule has 0 saturated carbocycles. The Morgan fingerprint density at radius 2 is 0.824 bits per heavy atom.